The zero-order valence-corrected chi connectivity index (χ0v) is 34.3. The van der Waals surface area contributed by atoms with Crippen LogP contribution < -0.4 is 15.4 Å². The van der Waals surface area contributed by atoms with Gasteiger partial charge in [0, 0.05) is 18.3 Å². The molecule has 1 heterocycles. The minimum Gasteiger partial charge on any atom is -0.506 e. The lowest BCUT2D eigenvalue weighted by atomic mass is 9.90. The van der Waals surface area contributed by atoms with Crippen LogP contribution >= 0.6 is 0 Å². The van der Waals surface area contributed by atoms with Crippen molar-refractivity contribution in [2.24, 2.45) is 5.92 Å². The first-order valence-electron chi connectivity index (χ1n) is 20.5. The lowest BCUT2D eigenvalue weighted by Crippen LogP contribution is -2.26. The summed E-state index contributed by atoms with van der Waals surface area (Å²) < 4.78 is 6.19. The number of rotatable bonds is 11. The number of piperidine rings is 1. The van der Waals surface area contributed by atoms with E-state index in [2.05, 4.69) is 107 Å². The van der Waals surface area contributed by atoms with E-state index in [1.807, 2.05) is 13.0 Å². The van der Waals surface area contributed by atoms with E-state index in [0.29, 0.717) is 29.0 Å². The van der Waals surface area contributed by atoms with Crippen molar-refractivity contribution in [3.63, 3.8) is 0 Å². The number of aryl methyl sites for hydroxylation is 2. The fraction of sp³-hybridized carbons (Fsp3) is 0.429. The summed E-state index contributed by atoms with van der Waals surface area (Å²) >= 11 is 0. The lowest BCUT2D eigenvalue weighted by Gasteiger charge is -2.22. The number of benzene rings is 4. The highest BCUT2D eigenvalue weighted by atomic mass is 16.5. The minimum atomic E-state index is 0.0702. The number of nitriles is 2. The number of nitrogens with one attached hydrogen (secondary N) is 2. The third-order valence-corrected chi connectivity index (χ3v) is 10.7. The first-order chi connectivity index (χ1) is 26.7. The second-order valence-electron chi connectivity index (χ2n) is 14.9. The Bertz CT molecular complexity index is 1940. The molecular formula is C49H62N4O2. The molecule has 1 saturated heterocycles. The van der Waals surface area contributed by atoms with Gasteiger partial charge in [0.2, 0.25) is 0 Å². The molecule has 1 aliphatic carbocycles. The SMILES string of the molecule is C/C=C1\CCC(C)CN1.CCCCC.CCCc1cccc(-c2cccc3c2CC[C@@H]3Nc2cc(OCc3cc(C#N)cc(C#N)c3)c(CC)cc2O)c1C. The highest BCUT2D eigenvalue weighted by molar-refractivity contribution is 5.74. The van der Waals surface area contributed by atoms with E-state index in [0.717, 1.165) is 42.7 Å². The van der Waals surface area contributed by atoms with E-state index in [4.69, 9.17) is 4.74 Å². The number of allylic oxidation sites excluding steroid dienone is 2. The molecule has 2 atom stereocenters. The highest BCUT2D eigenvalue weighted by Crippen LogP contribution is 2.43. The molecule has 1 aliphatic heterocycles. The topological polar surface area (TPSA) is 101 Å². The Labute approximate surface area is 331 Å². The van der Waals surface area contributed by atoms with E-state index >= 15 is 0 Å². The largest absolute Gasteiger partial charge is 0.506 e. The summed E-state index contributed by atoms with van der Waals surface area (Å²) in [5.41, 5.74) is 12.6. The Hall–Kier alpha value is -5.20. The van der Waals surface area contributed by atoms with Crippen LogP contribution in [0.2, 0.25) is 0 Å². The maximum absolute atomic E-state index is 10.9. The van der Waals surface area contributed by atoms with Gasteiger partial charge >= 0.3 is 0 Å². The molecule has 6 nitrogen and oxygen atoms in total. The van der Waals surface area contributed by atoms with Crippen LogP contribution in [-0.2, 0) is 25.9 Å². The van der Waals surface area contributed by atoms with E-state index in [1.54, 1.807) is 24.3 Å². The van der Waals surface area contributed by atoms with Crippen molar-refractivity contribution in [3.8, 4) is 34.8 Å². The summed E-state index contributed by atoms with van der Waals surface area (Å²) in [4.78, 5) is 0. The van der Waals surface area contributed by atoms with Crippen LogP contribution in [0.3, 0.4) is 0 Å². The molecule has 0 saturated carbocycles. The van der Waals surface area contributed by atoms with Gasteiger partial charge in [-0.3, -0.25) is 0 Å². The van der Waals surface area contributed by atoms with Gasteiger partial charge in [0.25, 0.3) is 0 Å². The molecule has 1 fully saturated rings. The minimum absolute atomic E-state index is 0.0702. The summed E-state index contributed by atoms with van der Waals surface area (Å²) in [5.74, 6) is 1.73. The Balaban J connectivity index is 0.000000405. The van der Waals surface area contributed by atoms with Gasteiger partial charge in [0.05, 0.1) is 35.0 Å². The van der Waals surface area contributed by atoms with Gasteiger partial charge in [-0.2, -0.15) is 10.5 Å². The maximum atomic E-state index is 10.9. The lowest BCUT2D eigenvalue weighted by molar-refractivity contribution is 0.302. The van der Waals surface area contributed by atoms with E-state index in [-0.39, 0.29) is 18.4 Å². The van der Waals surface area contributed by atoms with Gasteiger partial charge in [-0.15, -0.1) is 0 Å². The molecule has 0 bridgehead atoms. The summed E-state index contributed by atoms with van der Waals surface area (Å²) in [7, 11) is 0. The summed E-state index contributed by atoms with van der Waals surface area (Å²) in [5, 5.41) is 36.5. The highest BCUT2D eigenvalue weighted by Gasteiger charge is 2.26. The summed E-state index contributed by atoms with van der Waals surface area (Å²) in [6.45, 7) is 16.7. The number of ether oxygens (including phenoxy) is 1. The number of unbranched alkanes of at least 4 members (excludes halogenated alkanes) is 2. The molecule has 0 spiro atoms. The predicted molar refractivity (Wildman–Crippen MR) is 228 cm³/mol. The van der Waals surface area contributed by atoms with Crippen LogP contribution in [0.5, 0.6) is 11.5 Å². The molecule has 290 valence electrons. The molecule has 0 amide bonds. The van der Waals surface area contributed by atoms with Crippen LogP contribution in [0.15, 0.2) is 78.5 Å². The van der Waals surface area contributed by atoms with E-state index < -0.39 is 0 Å². The van der Waals surface area contributed by atoms with Crippen molar-refractivity contribution in [1.29, 1.82) is 10.5 Å². The number of hydrogen-bond acceptors (Lipinski definition) is 6. The van der Waals surface area contributed by atoms with Crippen molar-refractivity contribution >= 4 is 5.69 Å². The second-order valence-corrected chi connectivity index (χ2v) is 14.9. The van der Waals surface area contributed by atoms with Crippen LogP contribution in [0.4, 0.5) is 5.69 Å². The molecule has 4 aromatic carbocycles. The van der Waals surface area contributed by atoms with Gasteiger partial charge in [0.15, 0.2) is 0 Å². The molecule has 6 rings (SSSR count). The van der Waals surface area contributed by atoms with Gasteiger partial charge in [0.1, 0.15) is 18.1 Å². The van der Waals surface area contributed by atoms with Crippen LogP contribution in [-0.4, -0.2) is 11.7 Å². The van der Waals surface area contributed by atoms with E-state index in [9.17, 15) is 15.6 Å². The average Bonchev–Trinajstić information content (AvgIpc) is 3.62. The fourth-order valence-corrected chi connectivity index (χ4v) is 7.46. The number of fused-ring (bicyclic) bond motifs is 1. The van der Waals surface area contributed by atoms with Crippen molar-refractivity contribution in [3.05, 3.63) is 123 Å². The molecular weight excluding hydrogens is 677 g/mol. The smallest absolute Gasteiger partial charge is 0.139 e. The number of nitrogens with zero attached hydrogens (tertiary/aromatic N) is 2. The monoisotopic (exact) mass is 738 g/mol. The zero-order valence-electron chi connectivity index (χ0n) is 34.3. The Morgan fingerprint density at radius 3 is 2.18 bits per heavy atom. The average molecular weight is 739 g/mol. The maximum Gasteiger partial charge on any atom is 0.139 e. The van der Waals surface area contributed by atoms with Crippen LogP contribution in [0.1, 0.15) is 137 Å². The Morgan fingerprint density at radius 1 is 0.873 bits per heavy atom. The molecule has 55 heavy (non-hydrogen) atoms. The molecule has 1 unspecified atom stereocenters. The molecule has 0 aromatic heterocycles. The number of aromatic hydroxyl groups is 1. The zero-order chi connectivity index (χ0) is 39.7. The standard InChI is InChI=1S/C36H35N3O2.C8H15N.C5H12/c1-4-8-28-9-6-10-29(23(28)3)30-11-7-12-32-31(30)13-14-33(32)39-34-19-36(27(5-2)18-35(34)40)41-22-26-16-24(20-37)15-25(17-26)21-38;1-3-8-5-4-7(2)6-9-8;1-3-5-4-2/h6-7,9-12,15-19,33,39-40H,4-5,8,13-14,22H2,1-3H3;3,7,9H,4-6H2,1-2H3;3-5H2,1-2H3/b;8-3+;/t33-;;/m0../s1. The number of phenolic OH excluding ortho intramolecular Hbond substituents is 1. The second kappa shape index (κ2) is 21.6. The van der Waals surface area contributed by atoms with E-state index in [1.165, 1.54) is 77.7 Å². The molecule has 4 aromatic rings. The predicted octanol–water partition coefficient (Wildman–Crippen LogP) is 12.4. The molecule has 3 N–H and O–H groups in total. The first kappa shape index (κ1) is 42.5. The van der Waals surface area contributed by atoms with Gasteiger partial charge < -0.3 is 20.5 Å². The summed E-state index contributed by atoms with van der Waals surface area (Å²) in [6.07, 6.45) is 13.7. The van der Waals surface area contributed by atoms with Gasteiger partial charge in [-0.05, 0) is 127 Å². The summed E-state index contributed by atoms with van der Waals surface area (Å²) in [6, 6.07) is 26.2. The van der Waals surface area contributed by atoms with Crippen molar-refractivity contribution in [1.82, 2.24) is 5.32 Å². The van der Waals surface area contributed by atoms with Gasteiger partial charge in [-0.25, -0.2) is 0 Å². The Kier molecular flexibility index (Phi) is 16.7. The fourth-order valence-electron chi connectivity index (χ4n) is 7.46. The van der Waals surface area contributed by atoms with Crippen molar-refractivity contribution in [2.45, 2.75) is 125 Å². The molecule has 2 aliphatic rings. The molecule has 6 heteroatoms. The third-order valence-electron chi connectivity index (χ3n) is 10.7. The third kappa shape index (κ3) is 11.6. The molecule has 0 radical (unpaired) electrons. The van der Waals surface area contributed by atoms with Crippen molar-refractivity contribution < 1.29 is 9.84 Å². The number of hydrogen-bond donors (Lipinski definition) is 3. The van der Waals surface area contributed by atoms with Crippen LogP contribution in [0, 0.1) is 35.5 Å². The number of phenols is 1. The first-order valence-corrected chi connectivity index (χ1v) is 20.5. The van der Waals surface area contributed by atoms with Gasteiger partial charge in [-0.1, -0.05) is 103 Å². The van der Waals surface area contributed by atoms with Crippen molar-refractivity contribution in [2.75, 3.05) is 11.9 Å². The normalized spacial score (nSPS) is 16.3. The van der Waals surface area contributed by atoms with Crippen LogP contribution in [0.25, 0.3) is 11.1 Å². The Morgan fingerprint density at radius 2 is 1.58 bits per heavy atom. The quantitative estimate of drug-likeness (QED) is 0.132. The number of anilines is 1.